The van der Waals surface area contributed by atoms with Crippen molar-refractivity contribution in [3.63, 3.8) is 0 Å². The Hall–Kier alpha value is -2.75. The van der Waals surface area contributed by atoms with Crippen molar-refractivity contribution in [2.75, 3.05) is 69.1 Å². The van der Waals surface area contributed by atoms with E-state index in [2.05, 4.69) is 68.5 Å². The Morgan fingerprint density at radius 2 is 1.22 bits per heavy atom. The second-order valence-corrected chi connectivity index (χ2v) is 11.5. The molecule has 0 aliphatic carbocycles. The van der Waals surface area contributed by atoms with Crippen molar-refractivity contribution in [1.29, 1.82) is 0 Å². The van der Waals surface area contributed by atoms with Gasteiger partial charge in [-0.3, -0.25) is 0 Å². The molecule has 0 spiro atoms. The maximum Gasteiger partial charge on any atom is 0.171 e. The average Bonchev–Trinajstić information content (AvgIpc) is 2.84. The summed E-state index contributed by atoms with van der Waals surface area (Å²) in [6.07, 6.45) is 0. The van der Waals surface area contributed by atoms with Crippen LogP contribution < -0.4 is 35.9 Å². The van der Waals surface area contributed by atoms with Crippen molar-refractivity contribution < 1.29 is 4.57 Å². The van der Waals surface area contributed by atoms with Gasteiger partial charge in [-0.2, -0.15) is 0 Å². The summed E-state index contributed by atoms with van der Waals surface area (Å²) < 4.78 is 15.0. The zero-order valence-corrected chi connectivity index (χ0v) is 20.3. The first-order valence-corrected chi connectivity index (χ1v) is 12.8. The average molecular weight is 449 g/mol. The van der Waals surface area contributed by atoms with Gasteiger partial charge in [-0.1, -0.05) is 24.3 Å². The number of nitrogens with one attached hydrogen (secondary N) is 1. The number of anilines is 3. The van der Waals surface area contributed by atoms with Gasteiger partial charge >= 0.3 is 0 Å². The lowest BCUT2D eigenvalue weighted by atomic mass is 10.2. The van der Waals surface area contributed by atoms with Crippen LogP contribution in [0.1, 0.15) is 0 Å². The SMILES string of the molecule is CN(C)c1cccc(P(=O)(c2ccc(N3CCNCC3)cc2)c2cccc(N(C)C)c2)c1. The minimum Gasteiger partial charge on any atom is -0.378 e. The summed E-state index contributed by atoms with van der Waals surface area (Å²) in [5, 5.41) is 5.97. The van der Waals surface area contributed by atoms with Crippen LogP contribution >= 0.6 is 7.14 Å². The van der Waals surface area contributed by atoms with Crippen molar-refractivity contribution in [2.24, 2.45) is 0 Å². The molecule has 4 rings (SSSR count). The zero-order valence-electron chi connectivity index (χ0n) is 19.5. The molecule has 0 saturated carbocycles. The third-order valence-electron chi connectivity index (χ3n) is 6.11. The Morgan fingerprint density at radius 1 is 0.719 bits per heavy atom. The molecule has 0 radical (unpaired) electrons. The van der Waals surface area contributed by atoms with E-state index in [4.69, 9.17) is 0 Å². The van der Waals surface area contributed by atoms with Crippen LogP contribution in [0.3, 0.4) is 0 Å². The van der Waals surface area contributed by atoms with E-state index in [0.29, 0.717) is 0 Å². The van der Waals surface area contributed by atoms with Gasteiger partial charge in [0.25, 0.3) is 0 Å². The second-order valence-electron chi connectivity index (χ2n) is 8.69. The molecule has 0 atom stereocenters. The summed E-state index contributed by atoms with van der Waals surface area (Å²) in [4.78, 5) is 6.49. The number of hydrogen-bond acceptors (Lipinski definition) is 5. The molecule has 3 aromatic rings. The lowest BCUT2D eigenvalue weighted by Crippen LogP contribution is -2.43. The van der Waals surface area contributed by atoms with Crippen LogP contribution in [0.2, 0.25) is 0 Å². The predicted molar refractivity (Wildman–Crippen MR) is 140 cm³/mol. The molecule has 1 N–H and O–H groups in total. The van der Waals surface area contributed by atoms with Gasteiger partial charge in [-0.25, -0.2) is 0 Å². The lowest BCUT2D eigenvalue weighted by molar-refractivity contribution is 0.589. The summed E-state index contributed by atoms with van der Waals surface area (Å²) in [5.74, 6) is 0. The van der Waals surface area contributed by atoms with Crippen LogP contribution in [-0.4, -0.2) is 54.4 Å². The highest BCUT2D eigenvalue weighted by Crippen LogP contribution is 2.44. The third kappa shape index (κ3) is 4.41. The third-order valence-corrected chi connectivity index (χ3v) is 9.15. The quantitative estimate of drug-likeness (QED) is 0.587. The Bertz CT molecular complexity index is 1050. The Labute approximate surface area is 192 Å². The van der Waals surface area contributed by atoms with E-state index in [1.165, 1.54) is 5.69 Å². The van der Waals surface area contributed by atoms with Gasteiger partial charge in [-0.05, 0) is 48.5 Å². The Morgan fingerprint density at radius 3 is 1.69 bits per heavy atom. The van der Waals surface area contributed by atoms with E-state index in [1.54, 1.807) is 0 Å². The van der Waals surface area contributed by atoms with Crippen molar-refractivity contribution in [3.8, 4) is 0 Å². The molecule has 0 bridgehead atoms. The molecule has 1 saturated heterocycles. The molecule has 32 heavy (non-hydrogen) atoms. The molecule has 0 amide bonds. The summed E-state index contributed by atoms with van der Waals surface area (Å²) in [5.41, 5.74) is 3.28. The molecule has 0 unspecified atom stereocenters. The topological polar surface area (TPSA) is 38.8 Å². The number of rotatable bonds is 6. The molecular formula is C26H33N4OP. The van der Waals surface area contributed by atoms with Crippen molar-refractivity contribution >= 4 is 40.1 Å². The van der Waals surface area contributed by atoms with Gasteiger partial charge in [0.15, 0.2) is 7.14 Å². The first kappa shape index (κ1) is 22.4. The van der Waals surface area contributed by atoms with Crippen LogP contribution in [0.4, 0.5) is 17.1 Å². The molecule has 6 heteroatoms. The summed E-state index contributed by atoms with van der Waals surface area (Å²) >= 11 is 0. The van der Waals surface area contributed by atoms with Gasteiger partial charge < -0.3 is 24.6 Å². The standard InChI is InChI=1S/C26H33N4OP/c1-28(2)22-7-5-9-25(19-22)32(31,26-10-6-8-23(20-26)29(3)4)24-13-11-21(12-14-24)30-17-15-27-16-18-30/h5-14,19-20,27H,15-18H2,1-4H3. The molecular weight excluding hydrogens is 415 g/mol. The molecule has 1 fully saturated rings. The largest absolute Gasteiger partial charge is 0.378 e. The lowest BCUT2D eigenvalue weighted by Gasteiger charge is -2.30. The Balaban J connectivity index is 1.83. The van der Waals surface area contributed by atoms with E-state index >= 15 is 0 Å². The van der Waals surface area contributed by atoms with Crippen molar-refractivity contribution in [1.82, 2.24) is 5.32 Å². The normalized spacial score (nSPS) is 14.3. The van der Waals surface area contributed by atoms with Gasteiger partial charge in [-0.15, -0.1) is 0 Å². The highest BCUT2D eigenvalue weighted by molar-refractivity contribution is 7.85. The summed E-state index contributed by atoms with van der Waals surface area (Å²) in [6.45, 7) is 3.98. The van der Waals surface area contributed by atoms with Gasteiger partial charge in [0.1, 0.15) is 0 Å². The van der Waals surface area contributed by atoms with Crippen molar-refractivity contribution in [2.45, 2.75) is 0 Å². The van der Waals surface area contributed by atoms with Crippen LogP contribution in [-0.2, 0) is 4.57 Å². The maximum absolute atomic E-state index is 15.0. The van der Waals surface area contributed by atoms with E-state index in [0.717, 1.165) is 53.5 Å². The smallest absolute Gasteiger partial charge is 0.171 e. The van der Waals surface area contributed by atoms with Crippen LogP contribution in [0.5, 0.6) is 0 Å². The highest BCUT2D eigenvalue weighted by atomic mass is 31.2. The number of nitrogens with zero attached hydrogens (tertiary/aromatic N) is 3. The maximum atomic E-state index is 15.0. The summed E-state index contributed by atoms with van der Waals surface area (Å²) in [7, 11) is 5.00. The van der Waals surface area contributed by atoms with E-state index in [-0.39, 0.29) is 0 Å². The fourth-order valence-electron chi connectivity index (χ4n) is 4.18. The van der Waals surface area contributed by atoms with Crippen LogP contribution in [0, 0.1) is 0 Å². The van der Waals surface area contributed by atoms with E-state index < -0.39 is 7.14 Å². The Kier molecular flexibility index (Phi) is 6.59. The molecule has 1 aliphatic heterocycles. The van der Waals surface area contributed by atoms with E-state index in [9.17, 15) is 4.57 Å². The summed E-state index contributed by atoms with van der Waals surface area (Å²) in [6, 6.07) is 24.6. The molecule has 3 aromatic carbocycles. The number of piperazine rings is 1. The highest BCUT2D eigenvalue weighted by Gasteiger charge is 2.31. The fourth-order valence-corrected chi connectivity index (χ4v) is 6.86. The first-order valence-electron chi connectivity index (χ1n) is 11.1. The zero-order chi connectivity index (χ0) is 22.7. The van der Waals surface area contributed by atoms with Gasteiger partial charge in [0.2, 0.25) is 0 Å². The first-order chi connectivity index (χ1) is 15.4. The minimum absolute atomic E-state index is 0.856. The molecule has 1 aliphatic rings. The minimum atomic E-state index is -3.05. The number of benzene rings is 3. The predicted octanol–water partition coefficient (Wildman–Crippen LogP) is 2.87. The van der Waals surface area contributed by atoms with Crippen molar-refractivity contribution in [3.05, 3.63) is 72.8 Å². The van der Waals surface area contributed by atoms with Gasteiger partial charge in [0, 0.05) is 87.3 Å². The number of hydrogen-bond donors (Lipinski definition) is 1. The molecule has 0 aromatic heterocycles. The van der Waals surface area contributed by atoms with Crippen LogP contribution in [0.15, 0.2) is 72.8 Å². The second kappa shape index (κ2) is 9.40. The molecule has 5 nitrogen and oxygen atoms in total. The van der Waals surface area contributed by atoms with Gasteiger partial charge in [0.05, 0.1) is 0 Å². The fraction of sp³-hybridized carbons (Fsp3) is 0.308. The van der Waals surface area contributed by atoms with Crippen LogP contribution in [0.25, 0.3) is 0 Å². The monoisotopic (exact) mass is 448 g/mol. The molecule has 1 heterocycles. The molecule has 168 valence electrons. The van der Waals surface area contributed by atoms with E-state index in [1.807, 2.05) is 52.5 Å².